The van der Waals surface area contributed by atoms with E-state index in [0.29, 0.717) is 35.9 Å². The SMILES string of the molecule is CCN(CC)C(=O)[C@H]1CCC2C3CN(C)C4=C(C)C(=O)CC[C@]4(C)C3CC[C@@]21C. The maximum Gasteiger partial charge on any atom is 0.226 e. The molecule has 4 rings (SSSR count). The van der Waals surface area contributed by atoms with Crippen LogP contribution in [-0.4, -0.2) is 48.2 Å². The Labute approximate surface area is 177 Å². The predicted molar refractivity (Wildman–Crippen MR) is 116 cm³/mol. The van der Waals surface area contributed by atoms with Gasteiger partial charge in [-0.3, -0.25) is 9.59 Å². The molecule has 3 unspecified atom stereocenters. The van der Waals surface area contributed by atoms with Crippen LogP contribution in [-0.2, 0) is 9.59 Å². The fraction of sp³-hybridized carbons (Fsp3) is 0.840. The molecule has 0 bridgehead atoms. The molecule has 0 aromatic rings. The van der Waals surface area contributed by atoms with Gasteiger partial charge in [0.15, 0.2) is 5.78 Å². The molecule has 0 aromatic heterocycles. The first kappa shape index (κ1) is 20.9. The molecule has 0 N–H and O–H groups in total. The van der Waals surface area contributed by atoms with E-state index in [2.05, 4.69) is 44.5 Å². The predicted octanol–water partition coefficient (Wildman–Crippen LogP) is 4.50. The van der Waals surface area contributed by atoms with Crippen LogP contribution in [0.5, 0.6) is 0 Å². The normalized spacial score (nSPS) is 41.7. The van der Waals surface area contributed by atoms with Crippen LogP contribution in [0.2, 0.25) is 0 Å². The number of allylic oxidation sites excluding steroid dienone is 2. The van der Waals surface area contributed by atoms with Crippen LogP contribution in [0.1, 0.15) is 73.1 Å². The largest absolute Gasteiger partial charge is 0.377 e. The van der Waals surface area contributed by atoms with E-state index in [1.807, 2.05) is 6.92 Å². The van der Waals surface area contributed by atoms with Crippen LogP contribution < -0.4 is 0 Å². The first-order valence-electron chi connectivity index (χ1n) is 11.9. The second-order valence-corrected chi connectivity index (χ2v) is 10.8. The van der Waals surface area contributed by atoms with Crippen molar-refractivity contribution in [1.82, 2.24) is 9.80 Å². The number of likely N-dealkylation sites (tertiary alicyclic amines) is 1. The lowest BCUT2D eigenvalue weighted by Crippen LogP contribution is -2.58. The van der Waals surface area contributed by atoms with Crippen LogP contribution in [0.25, 0.3) is 0 Å². The van der Waals surface area contributed by atoms with E-state index in [-0.39, 0.29) is 16.7 Å². The molecule has 4 aliphatic rings. The van der Waals surface area contributed by atoms with E-state index in [9.17, 15) is 9.59 Å². The number of piperidine rings is 1. The van der Waals surface area contributed by atoms with Crippen LogP contribution in [0.3, 0.4) is 0 Å². The van der Waals surface area contributed by atoms with Gasteiger partial charge < -0.3 is 9.80 Å². The molecule has 3 fully saturated rings. The van der Waals surface area contributed by atoms with E-state index < -0.39 is 0 Å². The topological polar surface area (TPSA) is 40.6 Å². The van der Waals surface area contributed by atoms with E-state index in [1.54, 1.807) is 0 Å². The van der Waals surface area contributed by atoms with Crippen LogP contribution >= 0.6 is 0 Å². The molecule has 1 aliphatic heterocycles. The van der Waals surface area contributed by atoms with Crippen molar-refractivity contribution in [3.63, 3.8) is 0 Å². The Balaban J connectivity index is 1.66. The maximum absolute atomic E-state index is 13.3. The van der Waals surface area contributed by atoms with Crippen LogP contribution in [0.4, 0.5) is 0 Å². The maximum atomic E-state index is 13.3. The van der Waals surface area contributed by atoms with Gasteiger partial charge in [0.05, 0.1) is 0 Å². The monoisotopic (exact) mass is 400 g/mol. The van der Waals surface area contributed by atoms with Crippen molar-refractivity contribution in [2.24, 2.45) is 34.5 Å². The molecule has 4 nitrogen and oxygen atoms in total. The van der Waals surface area contributed by atoms with Gasteiger partial charge in [0.1, 0.15) is 0 Å². The van der Waals surface area contributed by atoms with Crippen molar-refractivity contribution in [1.29, 1.82) is 0 Å². The zero-order chi connectivity index (χ0) is 21.1. The summed E-state index contributed by atoms with van der Waals surface area (Å²) in [5, 5.41) is 0. The molecule has 0 radical (unpaired) electrons. The first-order chi connectivity index (χ1) is 13.7. The van der Waals surface area contributed by atoms with Gasteiger partial charge in [-0.15, -0.1) is 0 Å². The molecule has 3 aliphatic carbocycles. The van der Waals surface area contributed by atoms with Crippen molar-refractivity contribution >= 4 is 11.7 Å². The highest BCUT2D eigenvalue weighted by molar-refractivity contribution is 5.96. The number of ketones is 1. The van der Waals surface area contributed by atoms with Gasteiger partial charge in [-0.25, -0.2) is 0 Å². The molecule has 162 valence electrons. The van der Waals surface area contributed by atoms with E-state index in [1.165, 1.54) is 18.5 Å². The van der Waals surface area contributed by atoms with Crippen molar-refractivity contribution < 1.29 is 9.59 Å². The minimum absolute atomic E-state index is 0.123. The Hall–Kier alpha value is -1.32. The van der Waals surface area contributed by atoms with Crippen LogP contribution in [0.15, 0.2) is 11.3 Å². The Morgan fingerprint density at radius 1 is 1.10 bits per heavy atom. The van der Waals surface area contributed by atoms with Gasteiger partial charge in [0.25, 0.3) is 0 Å². The number of carbonyl (C=O) groups is 2. The van der Waals surface area contributed by atoms with Gasteiger partial charge in [0, 0.05) is 55.7 Å². The van der Waals surface area contributed by atoms with Gasteiger partial charge in [0.2, 0.25) is 5.91 Å². The summed E-state index contributed by atoms with van der Waals surface area (Å²) in [6.45, 7) is 13.8. The molecule has 0 aromatic carbocycles. The Bertz CT molecular complexity index is 739. The number of fused-ring (bicyclic) bond motifs is 5. The molecule has 29 heavy (non-hydrogen) atoms. The number of rotatable bonds is 3. The van der Waals surface area contributed by atoms with Gasteiger partial charge >= 0.3 is 0 Å². The lowest BCUT2D eigenvalue weighted by Gasteiger charge is -2.60. The lowest BCUT2D eigenvalue weighted by molar-refractivity contribution is -0.143. The Kier molecular flexibility index (Phi) is 5.15. The number of Topliss-reactive ketones (excluding diaryl/α,β-unsaturated/α-hetero) is 1. The van der Waals surface area contributed by atoms with E-state index in [4.69, 9.17) is 0 Å². The van der Waals surface area contributed by atoms with Crippen molar-refractivity contribution in [3.8, 4) is 0 Å². The minimum Gasteiger partial charge on any atom is -0.377 e. The number of hydrogen-bond acceptors (Lipinski definition) is 3. The smallest absolute Gasteiger partial charge is 0.226 e. The number of hydrogen-bond donors (Lipinski definition) is 0. The molecule has 4 heteroatoms. The van der Waals surface area contributed by atoms with Gasteiger partial charge in [-0.1, -0.05) is 13.8 Å². The molecule has 2 saturated carbocycles. The van der Waals surface area contributed by atoms with E-state index in [0.717, 1.165) is 44.5 Å². The average molecular weight is 401 g/mol. The summed E-state index contributed by atoms with van der Waals surface area (Å²) in [6, 6.07) is 0. The highest BCUT2D eigenvalue weighted by Crippen LogP contribution is 2.65. The summed E-state index contributed by atoms with van der Waals surface area (Å²) in [5.41, 5.74) is 2.60. The molecule has 1 heterocycles. The second-order valence-electron chi connectivity index (χ2n) is 10.8. The fourth-order valence-electron chi connectivity index (χ4n) is 8.22. The van der Waals surface area contributed by atoms with Crippen molar-refractivity contribution in [3.05, 3.63) is 11.3 Å². The third-order valence-corrected chi connectivity index (χ3v) is 9.68. The first-order valence-corrected chi connectivity index (χ1v) is 11.9. The van der Waals surface area contributed by atoms with E-state index >= 15 is 0 Å². The molecule has 1 amide bonds. The number of carbonyl (C=O) groups excluding carboxylic acids is 2. The van der Waals surface area contributed by atoms with Crippen molar-refractivity contribution in [2.45, 2.75) is 73.1 Å². The van der Waals surface area contributed by atoms with Gasteiger partial charge in [-0.05, 0) is 76.0 Å². The van der Waals surface area contributed by atoms with Gasteiger partial charge in [-0.2, -0.15) is 0 Å². The summed E-state index contributed by atoms with van der Waals surface area (Å²) in [7, 11) is 2.20. The Morgan fingerprint density at radius 2 is 1.79 bits per heavy atom. The standard InChI is InChI=1S/C25H40N2O2/c1-7-27(8-2)23(29)20-10-9-18-17-15-26(6)22-16(3)21(28)12-14-25(22,5)19(17)11-13-24(18,20)4/h17-20H,7-15H2,1-6H3/t17?,18?,19?,20-,24+,25-/m1/s1. The third kappa shape index (κ3) is 2.84. The summed E-state index contributed by atoms with van der Waals surface area (Å²) in [4.78, 5) is 30.2. The zero-order valence-corrected chi connectivity index (χ0v) is 19.4. The fourth-order valence-corrected chi connectivity index (χ4v) is 8.22. The summed E-state index contributed by atoms with van der Waals surface area (Å²) >= 11 is 0. The molecule has 0 spiro atoms. The molecular weight excluding hydrogens is 360 g/mol. The quantitative estimate of drug-likeness (QED) is 0.700. The summed E-state index contributed by atoms with van der Waals surface area (Å²) < 4.78 is 0. The molecular formula is C25H40N2O2. The third-order valence-electron chi connectivity index (χ3n) is 9.68. The van der Waals surface area contributed by atoms with Crippen molar-refractivity contribution in [2.75, 3.05) is 26.7 Å². The summed E-state index contributed by atoms with van der Waals surface area (Å²) in [5.74, 6) is 2.85. The molecule has 1 saturated heterocycles. The summed E-state index contributed by atoms with van der Waals surface area (Å²) in [6.07, 6.45) is 6.31. The minimum atomic E-state index is 0.123. The number of amides is 1. The highest BCUT2D eigenvalue weighted by atomic mass is 16.2. The molecule has 6 atom stereocenters. The second kappa shape index (κ2) is 7.13. The lowest BCUT2D eigenvalue weighted by atomic mass is 9.49. The number of nitrogens with zero attached hydrogens (tertiary/aromatic N) is 2. The zero-order valence-electron chi connectivity index (χ0n) is 19.4. The van der Waals surface area contributed by atoms with Crippen LogP contribution in [0, 0.1) is 34.5 Å². The average Bonchev–Trinajstić information content (AvgIpc) is 3.03. The Morgan fingerprint density at radius 3 is 2.45 bits per heavy atom. The highest BCUT2D eigenvalue weighted by Gasteiger charge is 2.61.